The second kappa shape index (κ2) is 4.48. The standard InChI is InChI=1S/C14H16N6/c1-9-8-20(14(15)17-9)16-7-11-4-5-12-10(2)19(3)18-13(12)6-11/h4-8H,1-3H3,(H2,15,17). The molecule has 6 heteroatoms. The summed E-state index contributed by atoms with van der Waals surface area (Å²) in [5.74, 6) is 0.383. The number of rotatable bonds is 2. The molecule has 0 aliphatic carbocycles. The molecule has 0 amide bonds. The Bertz CT molecular complexity index is 809. The second-order valence-electron chi connectivity index (χ2n) is 4.82. The number of hydrogen-bond donors (Lipinski definition) is 1. The molecule has 6 nitrogen and oxygen atoms in total. The van der Waals surface area contributed by atoms with Crippen LogP contribution < -0.4 is 5.73 Å². The highest BCUT2D eigenvalue weighted by Crippen LogP contribution is 2.17. The van der Waals surface area contributed by atoms with Crippen molar-refractivity contribution in [2.45, 2.75) is 13.8 Å². The fourth-order valence-corrected chi connectivity index (χ4v) is 2.15. The highest BCUT2D eigenvalue weighted by Gasteiger charge is 2.04. The van der Waals surface area contributed by atoms with E-state index in [-0.39, 0.29) is 0 Å². The Labute approximate surface area is 116 Å². The summed E-state index contributed by atoms with van der Waals surface area (Å²) in [6.07, 6.45) is 3.54. The van der Waals surface area contributed by atoms with Gasteiger partial charge in [-0.15, -0.1) is 0 Å². The first-order valence-electron chi connectivity index (χ1n) is 6.34. The van der Waals surface area contributed by atoms with Crippen molar-refractivity contribution in [1.82, 2.24) is 19.4 Å². The maximum absolute atomic E-state index is 5.74. The van der Waals surface area contributed by atoms with Crippen LogP contribution in [0.1, 0.15) is 17.0 Å². The molecule has 0 aliphatic heterocycles. The highest BCUT2D eigenvalue weighted by atomic mass is 15.4. The van der Waals surface area contributed by atoms with Crippen LogP contribution in [0.3, 0.4) is 0 Å². The van der Waals surface area contributed by atoms with Gasteiger partial charge in [0, 0.05) is 18.1 Å². The van der Waals surface area contributed by atoms with E-state index < -0.39 is 0 Å². The molecular weight excluding hydrogens is 252 g/mol. The van der Waals surface area contributed by atoms with Gasteiger partial charge in [-0.2, -0.15) is 10.2 Å². The number of nitrogens with two attached hydrogens (primary N) is 1. The van der Waals surface area contributed by atoms with Crippen molar-refractivity contribution >= 4 is 23.1 Å². The van der Waals surface area contributed by atoms with Gasteiger partial charge in [0.05, 0.1) is 23.6 Å². The van der Waals surface area contributed by atoms with Crippen molar-refractivity contribution < 1.29 is 0 Å². The molecule has 0 saturated heterocycles. The van der Waals surface area contributed by atoms with Crippen LogP contribution in [0.15, 0.2) is 29.5 Å². The molecular formula is C14H16N6. The van der Waals surface area contributed by atoms with Crippen LogP contribution in [0.5, 0.6) is 0 Å². The number of nitrogen functional groups attached to an aromatic ring is 1. The van der Waals surface area contributed by atoms with Gasteiger partial charge < -0.3 is 5.73 Å². The molecule has 0 atom stereocenters. The van der Waals surface area contributed by atoms with Gasteiger partial charge in [-0.05, 0) is 25.5 Å². The minimum absolute atomic E-state index is 0.383. The number of nitrogens with zero attached hydrogens (tertiary/aromatic N) is 5. The molecule has 1 aromatic carbocycles. The molecule has 0 aliphatic rings. The predicted molar refractivity (Wildman–Crippen MR) is 79.8 cm³/mol. The van der Waals surface area contributed by atoms with Gasteiger partial charge >= 0.3 is 0 Å². The predicted octanol–water partition coefficient (Wildman–Crippen LogP) is 1.85. The zero-order valence-electron chi connectivity index (χ0n) is 11.7. The number of benzene rings is 1. The number of hydrogen-bond acceptors (Lipinski definition) is 4. The van der Waals surface area contributed by atoms with Crippen LogP contribution in [-0.4, -0.2) is 25.7 Å². The van der Waals surface area contributed by atoms with Gasteiger partial charge in [0.25, 0.3) is 0 Å². The molecule has 0 spiro atoms. The summed E-state index contributed by atoms with van der Waals surface area (Å²) in [6, 6.07) is 6.08. The Balaban J connectivity index is 1.97. The first kappa shape index (κ1) is 12.4. The van der Waals surface area contributed by atoms with Gasteiger partial charge in [0.2, 0.25) is 5.95 Å². The third-order valence-electron chi connectivity index (χ3n) is 3.32. The molecule has 20 heavy (non-hydrogen) atoms. The lowest BCUT2D eigenvalue weighted by molar-refractivity contribution is 0.751. The summed E-state index contributed by atoms with van der Waals surface area (Å²) >= 11 is 0. The molecule has 0 fully saturated rings. The van der Waals surface area contributed by atoms with Gasteiger partial charge in [-0.1, -0.05) is 12.1 Å². The SMILES string of the molecule is Cc1cn(N=Cc2ccc3c(C)n(C)nc3c2)c(N)n1. The molecule has 0 radical (unpaired) electrons. The zero-order valence-corrected chi connectivity index (χ0v) is 11.7. The molecule has 0 unspecified atom stereocenters. The Kier molecular flexibility index (Phi) is 2.78. The average molecular weight is 268 g/mol. The van der Waals surface area contributed by atoms with Crippen LogP contribution in [0, 0.1) is 13.8 Å². The monoisotopic (exact) mass is 268 g/mol. The largest absolute Gasteiger partial charge is 0.368 e. The van der Waals surface area contributed by atoms with E-state index in [2.05, 4.69) is 28.2 Å². The Morgan fingerprint density at radius 2 is 2.10 bits per heavy atom. The third kappa shape index (κ3) is 2.05. The van der Waals surface area contributed by atoms with Crippen LogP contribution in [-0.2, 0) is 7.05 Å². The normalized spacial score (nSPS) is 11.8. The molecule has 0 bridgehead atoms. The number of fused-ring (bicyclic) bond motifs is 1. The van der Waals surface area contributed by atoms with Crippen molar-refractivity contribution in [3.63, 3.8) is 0 Å². The fourth-order valence-electron chi connectivity index (χ4n) is 2.15. The molecule has 2 heterocycles. The molecule has 2 aromatic heterocycles. The maximum atomic E-state index is 5.74. The Morgan fingerprint density at radius 3 is 2.80 bits per heavy atom. The molecule has 102 valence electrons. The highest BCUT2D eigenvalue weighted by molar-refractivity contribution is 5.89. The van der Waals surface area contributed by atoms with E-state index in [1.807, 2.05) is 30.8 Å². The smallest absolute Gasteiger partial charge is 0.221 e. The summed E-state index contributed by atoms with van der Waals surface area (Å²) in [5.41, 5.74) is 9.67. The van der Waals surface area contributed by atoms with E-state index in [1.54, 1.807) is 17.1 Å². The van der Waals surface area contributed by atoms with Gasteiger partial charge in [0.1, 0.15) is 0 Å². The fraction of sp³-hybridized carbons (Fsp3) is 0.214. The number of anilines is 1. The molecule has 0 saturated carbocycles. The molecule has 3 aromatic rings. The van der Waals surface area contributed by atoms with E-state index in [0.29, 0.717) is 5.95 Å². The topological polar surface area (TPSA) is 74.0 Å². The van der Waals surface area contributed by atoms with Crippen molar-refractivity contribution in [3.05, 3.63) is 41.3 Å². The van der Waals surface area contributed by atoms with Crippen molar-refractivity contribution in [3.8, 4) is 0 Å². The van der Waals surface area contributed by atoms with E-state index >= 15 is 0 Å². The average Bonchev–Trinajstić information content (AvgIpc) is 2.87. The Morgan fingerprint density at radius 1 is 1.30 bits per heavy atom. The summed E-state index contributed by atoms with van der Waals surface area (Å²) in [6.45, 7) is 3.93. The maximum Gasteiger partial charge on any atom is 0.221 e. The number of aryl methyl sites for hydroxylation is 3. The second-order valence-corrected chi connectivity index (χ2v) is 4.82. The summed E-state index contributed by atoms with van der Waals surface area (Å²) in [7, 11) is 1.94. The van der Waals surface area contributed by atoms with Crippen molar-refractivity contribution in [1.29, 1.82) is 0 Å². The van der Waals surface area contributed by atoms with Gasteiger partial charge in [0.15, 0.2) is 0 Å². The number of aromatic nitrogens is 4. The summed E-state index contributed by atoms with van der Waals surface area (Å²) in [5, 5.41) is 9.92. The lowest BCUT2D eigenvalue weighted by Crippen LogP contribution is -1.96. The van der Waals surface area contributed by atoms with Gasteiger partial charge in [-0.25, -0.2) is 9.66 Å². The van der Waals surface area contributed by atoms with Crippen LogP contribution in [0.2, 0.25) is 0 Å². The first-order chi connectivity index (χ1) is 9.54. The minimum atomic E-state index is 0.383. The first-order valence-corrected chi connectivity index (χ1v) is 6.34. The molecule has 3 rings (SSSR count). The summed E-state index contributed by atoms with van der Waals surface area (Å²) < 4.78 is 3.44. The van der Waals surface area contributed by atoms with E-state index in [9.17, 15) is 0 Å². The van der Waals surface area contributed by atoms with Gasteiger partial charge in [-0.3, -0.25) is 4.68 Å². The minimum Gasteiger partial charge on any atom is -0.368 e. The summed E-state index contributed by atoms with van der Waals surface area (Å²) in [4.78, 5) is 4.10. The van der Waals surface area contributed by atoms with E-state index in [0.717, 1.165) is 27.9 Å². The van der Waals surface area contributed by atoms with Crippen LogP contribution >= 0.6 is 0 Å². The lowest BCUT2D eigenvalue weighted by Gasteiger charge is -1.96. The van der Waals surface area contributed by atoms with Crippen molar-refractivity contribution in [2.75, 3.05) is 5.73 Å². The Hall–Kier alpha value is -2.63. The zero-order chi connectivity index (χ0) is 14.3. The third-order valence-corrected chi connectivity index (χ3v) is 3.32. The van der Waals surface area contributed by atoms with Crippen molar-refractivity contribution in [2.24, 2.45) is 12.1 Å². The van der Waals surface area contributed by atoms with Crippen LogP contribution in [0.4, 0.5) is 5.95 Å². The van der Waals surface area contributed by atoms with E-state index in [1.165, 1.54) is 0 Å². The lowest BCUT2D eigenvalue weighted by atomic mass is 10.1. The molecule has 2 N–H and O–H groups in total. The number of imidazole rings is 1. The van der Waals surface area contributed by atoms with E-state index in [4.69, 9.17) is 5.73 Å². The quantitative estimate of drug-likeness (QED) is 0.721. The van der Waals surface area contributed by atoms with Crippen LogP contribution in [0.25, 0.3) is 10.9 Å².